The zero-order valence-corrected chi connectivity index (χ0v) is 30.4. The molecule has 6 aromatic rings. The number of carbonyl (C=O) groups is 3. The van der Waals surface area contributed by atoms with Gasteiger partial charge in [-0.3, -0.25) is 14.4 Å². The number of thioether (sulfide) groups is 1. The molecule has 3 N–H and O–H groups in total. The Bertz CT molecular complexity index is 2190. The molecule has 0 aliphatic heterocycles. The second-order valence-corrected chi connectivity index (χ2v) is 14.2. The SMILES string of the molecule is O=C(Nc1ccc(SC(C(=O)Nc2nc(-c3ccccc3Cl)cs2)c2ccccc2)cc1)/C(=C/c1c(Cl)cccc1Cl)NC(=O)c1ccccc1. The zero-order valence-electron chi connectivity index (χ0n) is 26.5. The van der Waals surface area contributed by atoms with Gasteiger partial charge in [0.05, 0.1) is 5.69 Å². The van der Waals surface area contributed by atoms with E-state index in [1.54, 1.807) is 78.9 Å². The molecule has 12 heteroatoms. The van der Waals surface area contributed by atoms with Gasteiger partial charge in [-0.15, -0.1) is 23.1 Å². The third-order valence-corrected chi connectivity index (χ3v) is 10.4. The fourth-order valence-corrected chi connectivity index (χ4v) is 7.36. The highest BCUT2D eigenvalue weighted by atomic mass is 35.5. The van der Waals surface area contributed by atoms with E-state index >= 15 is 0 Å². The van der Waals surface area contributed by atoms with Crippen molar-refractivity contribution in [2.75, 3.05) is 10.6 Å². The predicted octanol–water partition coefficient (Wildman–Crippen LogP) is 10.7. The first-order chi connectivity index (χ1) is 24.7. The highest BCUT2D eigenvalue weighted by Gasteiger charge is 2.24. The molecule has 1 unspecified atom stereocenters. The molecule has 0 spiro atoms. The first-order valence-corrected chi connectivity index (χ1v) is 18.3. The number of amides is 3. The highest BCUT2D eigenvalue weighted by Crippen LogP contribution is 2.38. The van der Waals surface area contributed by atoms with Crippen LogP contribution in [0, 0.1) is 0 Å². The van der Waals surface area contributed by atoms with E-state index in [1.807, 2.05) is 53.9 Å². The van der Waals surface area contributed by atoms with Crippen LogP contribution in [-0.4, -0.2) is 22.7 Å². The van der Waals surface area contributed by atoms with Gasteiger partial charge in [-0.05, 0) is 66.2 Å². The maximum absolute atomic E-state index is 13.7. The van der Waals surface area contributed by atoms with Crippen molar-refractivity contribution in [1.82, 2.24) is 10.3 Å². The Morgan fingerprint density at radius 1 is 0.706 bits per heavy atom. The number of anilines is 2. The van der Waals surface area contributed by atoms with E-state index in [2.05, 4.69) is 20.9 Å². The minimum Gasteiger partial charge on any atom is -0.321 e. The molecule has 0 fully saturated rings. The van der Waals surface area contributed by atoms with Crippen LogP contribution in [0.25, 0.3) is 17.3 Å². The van der Waals surface area contributed by atoms with Crippen LogP contribution in [0.1, 0.15) is 26.7 Å². The molecule has 0 saturated carbocycles. The summed E-state index contributed by atoms with van der Waals surface area (Å²) in [4.78, 5) is 45.7. The quantitative estimate of drug-likeness (QED) is 0.0900. The van der Waals surface area contributed by atoms with Gasteiger partial charge >= 0.3 is 0 Å². The van der Waals surface area contributed by atoms with Gasteiger partial charge in [-0.25, -0.2) is 4.98 Å². The number of halogens is 3. The van der Waals surface area contributed by atoms with E-state index in [9.17, 15) is 14.4 Å². The number of hydrogen-bond acceptors (Lipinski definition) is 6. The van der Waals surface area contributed by atoms with Gasteiger partial charge in [0.1, 0.15) is 10.9 Å². The van der Waals surface area contributed by atoms with Crippen molar-refractivity contribution >= 4 is 92.5 Å². The average Bonchev–Trinajstić information content (AvgIpc) is 3.61. The number of carbonyl (C=O) groups excluding carboxylic acids is 3. The Balaban J connectivity index is 1.19. The van der Waals surface area contributed by atoms with Crippen molar-refractivity contribution in [2.24, 2.45) is 0 Å². The molecule has 5 aromatic carbocycles. The lowest BCUT2D eigenvalue weighted by atomic mass is 10.1. The van der Waals surface area contributed by atoms with E-state index < -0.39 is 17.1 Å². The van der Waals surface area contributed by atoms with Crippen LogP contribution >= 0.6 is 57.9 Å². The van der Waals surface area contributed by atoms with Gasteiger partial charge in [-0.1, -0.05) is 108 Å². The van der Waals surface area contributed by atoms with Crippen LogP contribution in [0.2, 0.25) is 15.1 Å². The standard InChI is InChI=1S/C39H27Cl3N4O3S2/c40-30-15-8-7-14-28(30)34-23-50-39(45-34)46-38(49)35(24-10-3-1-4-11-24)51-27-20-18-26(19-21-27)43-37(48)33(22-29-31(41)16-9-17-32(29)42)44-36(47)25-12-5-2-6-13-25/h1-23,35H,(H,43,48)(H,44,47)(H,45,46,49)/b33-22-. The summed E-state index contributed by atoms with van der Waals surface area (Å²) in [6.07, 6.45) is 1.44. The van der Waals surface area contributed by atoms with Crippen molar-refractivity contribution in [3.63, 3.8) is 0 Å². The van der Waals surface area contributed by atoms with E-state index in [-0.39, 0.29) is 11.6 Å². The molecule has 0 radical (unpaired) electrons. The van der Waals surface area contributed by atoms with Crippen LogP contribution in [0.4, 0.5) is 10.8 Å². The van der Waals surface area contributed by atoms with Gasteiger partial charge < -0.3 is 16.0 Å². The molecule has 0 saturated heterocycles. The Kier molecular flexibility index (Phi) is 11.9. The topological polar surface area (TPSA) is 100 Å². The van der Waals surface area contributed by atoms with Crippen LogP contribution in [0.15, 0.2) is 143 Å². The van der Waals surface area contributed by atoms with Gasteiger partial charge in [0, 0.05) is 47.7 Å². The molecule has 3 amide bonds. The van der Waals surface area contributed by atoms with Gasteiger partial charge in [0.15, 0.2) is 5.13 Å². The second kappa shape index (κ2) is 16.9. The number of hydrogen-bond donors (Lipinski definition) is 3. The monoisotopic (exact) mass is 768 g/mol. The number of thiazole rings is 1. The average molecular weight is 770 g/mol. The summed E-state index contributed by atoms with van der Waals surface area (Å²) in [6.45, 7) is 0. The number of nitrogens with zero attached hydrogens (tertiary/aromatic N) is 1. The van der Waals surface area contributed by atoms with E-state index in [4.69, 9.17) is 34.8 Å². The fourth-order valence-electron chi connectivity index (χ4n) is 4.88. The van der Waals surface area contributed by atoms with Crippen molar-refractivity contribution in [3.8, 4) is 11.3 Å². The fraction of sp³-hybridized carbons (Fsp3) is 0.0256. The predicted molar refractivity (Wildman–Crippen MR) is 210 cm³/mol. The molecule has 0 bridgehead atoms. The van der Waals surface area contributed by atoms with E-state index in [0.29, 0.717) is 42.7 Å². The Morgan fingerprint density at radius 2 is 1.33 bits per heavy atom. The molecule has 51 heavy (non-hydrogen) atoms. The maximum Gasteiger partial charge on any atom is 0.272 e. The van der Waals surface area contributed by atoms with Gasteiger partial charge in [-0.2, -0.15) is 0 Å². The summed E-state index contributed by atoms with van der Waals surface area (Å²) in [5.74, 6) is -1.31. The molecule has 1 aromatic heterocycles. The second-order valence-electron chi connectivity index (χ2n) is 10.9. The van der Waals surface area contributed by atoms with Crippen LogP contribution in [0.3, 0.4) is 0 Å². The minimum atomic E-state index is -0.609. The number of aromatic nitrogens is 1. The first kappa shape index (κ1) is 35.9. The van der Waals surface area contributed by atoms with Crippen molar-refractivity contribution in [3.05, 3.63) is 170 Å². The summed E-state index contributed by atoms with van der Waals surface area (Å²) >= 11 is 21.8. The molecule has 6 rings (SSSR count). The molecule has 0 aliphatic rings. The van der Waals surface area contributed by atoms with Crippen molar-refractivity contribution in [2.45, 2.75) is 10.1 Å². The Labute approximate surface area is 317 Å². The van der Waals surface area contributed by atoms with Gasteiger partial charge in [0.25, 0.3) is 11.8 Å². The first-order valence-electron chi connectivity index (χ1n) is 15.4. The van der Waals surface area contributed by atoms with Gasteiger partial charge in [0.2, 0.25) is 5.91 Å². The highest BCUT2D eigenvalue weighted by molar-refractivity contribution is 8.00. The number of nitrogens with one attached hydrogen (secondary N) is 3. The third-order valence-electron chi connectivity index (χ3n) is 7.41. The lowest BCUT2D eigenvalue weighted by Gasteiger charge is -2.17. The molecular formula is C39H27Cl3N4O3S2. The van der Waals surface area contributed by atoms with E-state index in [0.717, 1.165) is 16.0 Å². The van der Waals surface area contributed by atoms with Crippen molar-refractivity contribution in [1.29, 1.82) is 0 Å². The summed E-state index contributed by atoms with van der Waals surface area (Å²) in [5.41, 5.74) is 3.43. The molecule has 7 nitrogen and oxygen atoms in total. The normalized spacial score (nSPS) is 11.8. The minimum absolute atomic E-state index is 0.0574. The summed E-state index contributed by atoms with van der Waals surface area (Å²) < 4.78 is 0. The Morgan fingerprint density at radius 3 is 2.02 bits per heavy atom. The third kappa shape index (κ3) is 9.26. The summed E-state index contributed by atoms with van der Waals surface area (Å²) in [5, 5.41) is 11.4. The zero-order chi connectivity index (χ0) is 35.7. The molecule has 1 atom stereocenters. The molecule has 0 aliphatic carbocycles. The Hall–Kier alpha value is -4.90. The molecule has 1 heterocycles. The van der Waals surface area contributed by atoms with E-state index in [1.165, 1.54) is 29.2 Å². The molecule has 254 valence electrons. The summed E-state index contributed by atoms with van der Waals surface area (Å²) in [7, 11) is 0. The lowest BCUT2D eigenvalue weighted by molar-refractivity contribution is -0.116. The smallest absolute Gasteiger partial charge is 0.272 e. The van der Waals surface area contributed by atoms with Crippen LogP contribution in [0.5, 0.6) is 0 Å². The van der Waals surface area contributed by atoms with Crippen LogP contribution in [-0.2, 0) is 9.59 Å². The van der Waals surface area contributed by atoms with Crippen LogP contribution < -0.4 is 16.0 Å². The maximum atomic E-state index is 13.7. The summed E-state index contributed by atoms with van der Waals surface area (Å²) in [6, 6.07) is 37.4. The van der Waals surface area contributed by atoms with Crippen molar-refractivity contribution < 1.29 is 14.4 Å². The largest absolute Gasteiger partial charge is 0.321 e. The number of benzene rings is 5. The lowest BCUT2D eigenvalue weighted by Crippen LogP contribution is -2.30. The molecular weight excluding hydrogens is 743 g/mol. The number of rotatable bonds is 11.